The molecule has 1 N–H and O–H groups in total. The normalized spacial score (nSPS) is 10.2. The van der Waals surface area contributed by atoms with Crippen LogP contribution in [0.4, 0.5) is 5.82 Å². The summed E-state index contributed by atoms with van der Waals surface area (Å²) >= 11 is 0. The lowest BCUT2D eigenvalue weighted by Gasteiger charge is -2.08. The first-order valence-corrected chi connectivity index (χ1v) is 8.09. The van der Waals surface area contributed by atoms with E-state index in [2.05, 4.69) is 16.5 Å². The van der Waals surface area contributed by atoms with E-state index in [1.807, 2.05) is 43.3 Å². The fraction of sp³-hybridized carbons (Fsp3) is 0.150. The van der Waals surface area contributed by atoms with Gasteiger partial charge in [-0.05, 0) is 42.3 Å². The van der Waals surface area contributed by atoms with Crippen LogP contribution in [0.2, 0.25) is 0 Å². The van der Waals surface area contributed by atoms with Crippen molar-refractivity contribution in [2.24, 2.45) is 7.05 Å². The van der Waals surface area contributed by atoms with Gasteiger partial charge in [0.15, 0.2) is 6.61 Å². The Bertz CT molecular complexity index is 951. The molecule has 0 bridgehead atoms. The first kappa shape index (κ1) is 17.2. The van der Waals surface area contributed by atoms with Crippen LogP contribution < -0.4 is 10.1 Å². The van der Waals surface area contributed by atoms with E-state index in [1.54, 1.807) is 29.9 Å². The Balaban J connectivity index is 1.58. The van der Waals surface area contributed by atoms with Gasteiger partial charge in [0, 0.05) is 13.1 Å². The number of amides is 1. The Kier molecular flexibility index (Phi) is 4.99. The van der Waals surface area contributed by atoms with Crippen LogP contribution >= 0.6 is 0 Å². The fourth-order valence-electron chi connectivity index (χ4n) is 2.54. The molecular formula is C20H18N4O2. The maximum atomic E-state index is 12.0. The summed E-state index contributed by atoms with van der Waals surface area (Å²) in [7, 11) is 1.77. The molecule has 6 heteroatoms. The SMILES string of the molecule is Cc1cc(NC(=O)COc2ccc(-c3ccc(C#N)cc3)cc2)n(C)n1. The molecule has 0 spiro atoms. The average Bonchev–Trinajstić information content (AvgIpc) is 2.97. The molecule has 6 nitrogen and oxygen atoms in total. The van der Waals surface area contributed by atoms with Gasteiger partial charge in [0.25, 0.3) is 5.91 Å². The Hall–Kier alpha value is -3.59. The first-order chi connectivity index (χ1) is 12.5. The van der Waals surface area contributed by atoms with Gasteiger partial charge in [-0.1, -0.05) is 24.3 Å². The largest absolute Gasteiger partial charge is 0.484 e. The number of aromatic nitrogens is 2. The van der Waals surface area contributed by atoms with E-state index in [-0.39, 0.29) is 12.5 Å². The lowest BCUT2D eigenvalue weighted by molar-refractivity contribution is -0.118. The van der Waals surface area contributed by atoms with Gasteiger partial charge in [-0.3, -0.25) is 9.48 Å². The minimum Gasteiger partial charge on any atom is -0.484 e. The number of benzene rings is 2. The maximum Gasteiger partial charge on any atom is 0.263 e. The predicted octanol–water partition coefficient (Wildman–Crippen LogP) is 3.28. The van der Waals surface area contributed by atoms with Crippen molar-refractivity contribution in [1.82, 2.24) is 9.78 Å². The third kappa shape index (κ3) is 4.08. The van der Waals surface area contributed by atoms with Crippen LogP contribution in [-0.4, -0.2) is 22.3 Å². The molecule has 0 radical (unpaired) electrons. The van der Waals surface area contributed by atoms with Gasteiger partial charge < -0.3 is 10.1 Å². The average molecular weight is 346 g/mol. The highest BCUT2D eigenvalue weighted by Gasteiger charge is 2.08. The number of ether oxygens (including phenoxy) is 1. The number of nitriles is 1. The minimum atomic E-state index is -0.246. The zero-order valence-corrected chi connectivity index (χ0v) is 14.6. The predicted molar refractivity (Wildman–Crippen MR) is 98.7 cm³/mol. The summed E-state index contributed by atoms with van der Waals surface area (Å²) in [6, 6.07) is 18.7. The number of nitrogens with zero attached hydrogens (tertiary/aromatic N) is 3. The van der Waals surface area contributed by atoms with Crippen molar-refractivity contribution in [3.63, 3.8) is 0 Å². The van der Waals surface area contributed by atoms with Crippen LogP contribution in [0.1, 0.15) is 11.3 Å². The molecule has 0 aliphatic carbocycles. The number of carbonyl (C=O) groups excluding carboxylic acids is 1. The van der Waals surface area contributed by atoms with Gasteiger partial charge in [0.1, 0.15) is 11.6 Å². The van der Waals surface area contributed by atoms with Crippen LogP contribution in [0.5, 0.6) is 5.75 Å². The van der Waals surface area contributed by atoms with Crippen LogP contribution in [0.25, 0.3) is 11.1 Å². The molecule has 1 aromatic heterocycles. The fourth-order valence-corrected chi connectivity index (χ4v) is 2.54. The zero-order valence-electron chi connectivity index (χ0n) is 14.6. The van der Waals surface area contributed by atoms with E-state index in [0.29, 0.717) is 17.1 Å². The van der Waals surface area contributed by atoms with E-state index in [4.69, 9.17) is 10.00 Å². The van der Waals surface area contributed by atoms with Gasteiger partial charge in [-0.15, -0.1) is 0 Å². The topological polar surface area (TPSA) is 79.9 Å². The quantitative estimate of drug-likeness (QED) is 0.769. The van der Waals surface area contributed by atoms with E-state index < -0.39 is 0 Å². The van der Waals surface area contributed by atoms with Crippen molar-refractivity contribution in [2.45, 2.75) is 6.92 Å². The van der Waals surface area contributed by atoms with Crippen LogP contribution in [0.3, 0.4) is 0 Å². The third-order valence-electron chi connectivity index (χ3n) is 3.84. The van der Waals surface area contributed by atoms with E-state index >= 15 is 0 Å². The number of aryl methyl sites for hydroxylation is 2. The molecule has 0 saturated heterocycles. The molecule has 0 aliphatic rings. The second-order valence-corrected chi connectivity index (χ2v) is 5.84. The smallest absolute Gasteiger partial charge is 0.263 e. The number of hydrogen-bond acceptors (Lipinski definition) is 4. The molecule has 0 saturated carbocycles. The Morgan fingerprint density at radius 2 is 1.77 bits per heavy atom. The Morgan fingerprint density at radius 1 is 1.15 bits per heavy atom. The van der Waals surface area contributed by atoms with Crippen LogP contribution in [0.15, 0.2) is 54.6 Å². The molecule has 130 valence electrons. The monoisotopic (exact) mass is 346 g/mol. The Morgan fingerprint density at radius 3 is 2.31 bits per heavy atom. The zero-order chi connectivity index (χ0) is 18.5. The van der Waals surface area contributed by atoms with Crippen LogP contribution in [0, 0.1) is 18.3 Å². The molecule has 0 aliphatic heterocycles. The van der Waals surface area contributed by atoms with E-state index in [1.165, 1.54) is 0 Å². The lowest BCUT2D eigenvalue weighted by atomic mass is 10.0. The van der Waals surface area contributed by atoms with Crippen molar-refractivity contribution in [1.29, 1.82) is 5.26 Å². The van der Waals surface area contributed by atoms with Gasteiger partial charge in [-0.25, -0.2) is 0 Å². The number of anilines is 1. The van der Waals surface area contributed by atoms with Crippen LogP contribution in [-0.2, 0) is 11.8 Å². The summed E-state index contributed by atoms with van der Waals surface area (Å²) in [6.45, 7) is 1.78. The molecule has 1 heterocycles. The summed E-state index contributed by atoms with van der Waals surface area (Å²) in [4.78, 5) is 12.0. The summed E-state index contributed by atoms with van der Waals surface area (Å²) in [5, 5.41) is 15.8. The maximum absolute atomic E-state index is 12.0. The Labute approximate surface area is 151 Å². The summed E-state index contributed by atoms with van der Waals surface area (Å²) in [6.07, 6.45) is 0. The highest BCUT2D eigenvalue weighted by molar-refractivity contribution is 5.91. The number of carbonyl (C=O) groups is 1. The van der Waals surface area contributed by atoms with Crippen molar-refractivity contribution in [2.75, 3.05) is 11.9 Å². The highest BCUT2D eigenvalue weighted by atomic mass is 16.5. The van der Waals surface area contributed by atoms with Gasteiger partial charge >= 0.3 is 0 Å². The first-order valence-electron chi connectivity index (χ1n) is 8.09. The number of nitrogens with one attached hydrogen (secondary N) is 1. The third-order valence-corrected chi connectivity index (χ3v) is 3.84. The molecular weight excluding hydrogens is 328 g/mol. The molecule has 3 aromatic rings. The molecule has 0 fully saturated rings. The molecule has 0 atom stereocenters. The molecule has 2 aromatic carbocycles. The molecule has 3 rings (SSSR count). The highest BCUT2D eigenvalue weighted by Crippen LogP contribution is 2.22. The van der Waals surface area contributed by atoms with Gasteiger partial charge in [-0.2, -0.15) is 10.4 Å². The number of hydrogen-bond donors (Lipinski definition) is 1. The second kappa shape index (κ2) is 7.53. The second-order valence-electron chi connectivity index (χ2n) is 5.84. The number of rotatable bonds is 5. The minimum absolute atomic E-state index is 0.0829. The lowest BCUT2D eigenvalue weighted by Crippen LogP contribution is -2.21. The molecule has 0 unspecified atom stereocenters. The van der Waals surface area contributed by atoms with Gasteiger partial charge in [0.2, 0.25) is 0 Å². The van der Waals surface area contributed by atoms with Crippen molar-refractivity contribution in [3.8, 4) is 22.9 Å². The standard InChI is InChI=1S/C20H18N4O2/c1-14-11-19(24(2)23-14)22-20(25)13-26-18-9-7-17(8-10-18)16-5-3-15(12-21)4-6-16/h3-11H,13H2,1-2H3,(H,22,25). The van der Waals surface area contributed by atoms with Crippen molar-refractivity contribution >= 4 is 11.7 Å². The van der Waals surface area contributed by atoms with Crippen molar-refractivity contribution in [3.05, 3.63) is 65.9 Å². The summed E-state index contributed by atoms with van der Waals surface area (Å²) in [5.41, 5.74) is 3.49. The molecule has 1 amide bonds. The van der Waals surface area contributed by atoms with E-state index in [9.17, 15) is 4.79 Å². The van der Waals surface area contributed by atoms with E-state index in [0.717, 1.165) is 16.8 Å². The molecule has 26 heavy (non-hydrogen) atoms. The van der Waals surface area contributed by atoms with Crippen molar-refractivity contribution < 1.29 is 9.53 Å². The summed E-state index contributed by atoms with van der Waals surface area (Å²) in [5.74, 6) is 0.996. The van der Waals surface area contributed by atoms with Gasteiger partial charge in [0.05, 0.1) is 17.3 Å². The summed E-state index contributed by atoms with van der Waals surface area (Å²) < 4.78 is 7.14.